The van der Waals surface area contributed by atoms with Gasteiger partial charge in [0.25, 0.3) is 11.8 Å². The number of anilines is 1. The van der Waals surface area contributed by atoms with Crippen LogP contribution in [0, 0.1) is 17.1 Å². The van der Waals surface area contributed by atoms with E-state index in [0.29, 0.717) is 11.0 Å². The summed E-state index contributed by atoms with van der Waals surface area (Å²) in [6.45, 7) is 2.66. The Labute approximate surface area is 179 Å². The summed E-state index contributed by atoms with van der Waals surface area (Å²) in [5.74, 6) is -2.67. The third kappa shape index (κ3) is 4.20. The minimum atomic E-state index is -4.96. The van der Waals surface area contributed by atoms with Crippen molar-refractivity contribution >= 4 is 17.5 Å². The van der Waals surface area contributed by atoms with Gasteiger partial charge in [-0.1, -0.05) is 18.2 Å². The molecule has 0 aliphatic carbocycles. The third-order valence-electron chi connectivity index (χ3n) is 4.62. The van der Waals surface area contributed by atoms with Crippen molar-refractivity contribution in [2.75, 3.05) is 4.90 Å². The van der Waals surface area contributed by atoms with Gasteiger partial charge in [0.2, 0.25) is 0 Å². The van der Waals surface area contributed by atoms with Crippen LogP contribution in [0.15, 0.2) is 55.0 Å². The van der Waals surface area contributed by atoms with E-state index in [2.05, 4.69) is 10.1 Å². The van der Waals surface area contributed by atoms with Crippen molar-refractivity contribution < 1.29 is 27.2 Å². The minimum Gasteiger partial charge on any atom is -0.271 e. The maximum absolute atomic E-state index is 13.5. The molecule has 7 nitrogen and oxygen atoms in total. The molecule has 11 heteroatoms. The number of carbonyl (C=O) groups is 2. The van der Waals surface area contributed by atoms with Crippen molar-refractivity contribution in [2.24, 2.45) is 0 Å². The van der Waals surface area contributed by atoms with Gasteiger partial charge in [-0.2, -0.15) is 23.5 Å². The van der Waals surface area contributed by atoms with Gasteiger partial charge in [-0.25, -0.2) is 14.3 Å². The minimum absolute atomic E-state index is 0.0150. The van der Waals surface area contributed by atoms with Gasteiger partial charge < -0.3 is 0 Å². The predicted octanol–water partition coefficient (Wildman–Crippen LogP) is 3.92. The molecule has 32 heavy (non-hydrogen) atoms. The van der Waals surface area contributed by atoms with Crippen LogP contribution >= 0.6 is 0 Å². The van der Waals surface area contributed by atoms with Crippen LogP contribution in [0.4, 0.5) is 23.2 Å². The van der Waals surface area contributed by atoms with E-state index in [1.54, 1.807) is 6.07 Å². The first-order valence-electron chi connectivity index (χ1n) is 9.08. The molecule has 0 atom stereocenters. The van der Waals surface area contributed by atoms with Crippen LogP contribution in [-0.2, 0) is 16.5 Å². The lowest BCUT2D eigenvalue weighted by Gasteiger charge is -2.31. The Kier molecular flexibility index (Phi) is 5.81. The topological polar surface area (TPSA) is 91.9 Å². The number of nitrogens with zero attached hydrogens (tertiary/aromatic N) is 5. The van der Waals surface area contributed by atoms with Crippen LogP contribution in [0.2, 0.25) is 0 Å². The molecule has 0 saturated heterocycles. The van der Waals surface area contributed by atoms with Crippen molar-refractivity contribution in [3.05, 3.63) is 77.6 Å². The van der Waals surface area contributed by atoms with Gasteiger partial charge in [-0.15, -0.1) is 0 Å². The Morgan fingerprint density at radius 3 is 2.31 bits per heavy atom. The molecule has 2 heterocycles. The fraction of sp³-hybridized carbons (Fsp3) is 0.190. The van der Waals surface area contributed by atoms with Crippen LogP contribution in [0.1, 0.15) is 35.5 Å². The van der Waals surface area contributed by atoms with Gasteiger partial charge in [0.15, 0.2) is 11.5 Å². The Balaban J connectivity index is 2.19. The fourth-order valence-electron chi connectivity index (χ4n) is 2.90. The van der Waals surface area contributed by atoms with Gasteiger partial charge in [0, 0.05) is 5.56 Å². The number of carbonyl (C=O) groups excluding carboxylic acids is 2. The van der Waals surface area contributed by atoms with E-state index >= 15 is 0 Å². The number of halogens is 4. The number of rotatable bonds is 4. The van der Waals surface area contributed by atoms with Crippen LogP contribution in [0.5, 0.6) is 0 Å². The highest BCUT2D eigenvalue weighted by molar-refractivity contribution is 6.22. The number of pyridine rings is 1. The number of imide groups is 1. The second kappa shape index (κ2) is 8.22. The second-order valence-electron chi connectivity index (χ2n) is 7.17. The molecule has 2 amide bonds. The van der Waals surface area contributed by atoms with Crippen LogP contribution in [0.3, 0.4) is 0 Å². The summed E-state index contributed by atoms with van der Waals surface area (Å²) in [4.78, 5) is 30.7. The molecular weight excluding hydrogens is 430 g/mol. The molecular formula is C21H15F4N5O2. The van der Waals surface area contributed by atoms with Crippen molar-refractivity contribution in [2.45, 2.75) is 25.6 Å². The van der Waals surface area contributed by atoms with Crippen LogP contribution < -0.4 is 4.90 Å². The van der Waals surface area contributed by atoms with E-state index in [4.69, 9.17) is 5.26 Å². The first-order chi connectivity index (χ1) is 15.0. The molecule has 3 rings (SSSR count). The first-order valence-corrected chi connectivity index (χ1v) is 9.08. The predicted molar refractivity (Wildman–Crippen MR) is 104 cm³/mol. The Hall–Kier alpha value is -4.07. The summed E-state index contributed by atoms with van der Waals surface area (Å²) in [6, 6.07) is 9.25. The summed E-state index contributed by atoms with van der Waals surface area (Å²) in [6.07, 6.45) is -2.36. The zero-order valence-corrected chi connectivity index (χ0v) is 16.8. The van der Waals surface area contributed by atoms with Gasteiger partial charge >= 0.3 is 6.18 Å². The number of hydrogen-bond acceptors (Lipinski definition) is 5. The molecule has 0 N–H and O–H groups in total. The Morgan fingerprint density at radius 2 is 1.78 bits per heavy atom. The lowest BCUT2D eigenvalue weighted by atomic mass is 10.0. The lowest BCUT2D eigenvalue weighted by molar-refractivity contribution is -0.138. The number of benzene rings is 1. The van der Waals surface area contributed by atoms with Crippen LogP contribution in [0.25, 0.3) is 0 Å². The molecule has 0 saturated carbocycles. The van der Waals surface area contributed by atoms with Gasteiger partial charge in [-0.05, 0) is 32.0 Å². The summed E-state index contributed by atoms with van der Waals surface area (Å²) in [7, 11) is 0. The zero-order chi connectivity index (χ0) is 23.7. The summed E-state index contributed by atoms with van der Waals surface area (Å²) in [5, 5.41) is 12.7. The highest BCUT2D eigenvalue weighted by Crippen LogP contribution is 2.34. The van der Waals surface area contributed by atoms with Gasteiger partial charge in [-0.3, -0.25) is 14.3 Å². The summed E-state index contributed by atoms with van der Waals surface area (Å²) >= 11 is 0. The normalized spacial score (nSPS) is 11.7. The molecule has 0 bridgehead atoms. The van der Waals surface area contributed by atoms with E-state index in [0.717, 1.165) is 23.3 Å². The highest BCUT2D eigenvalue weighted by Gasteiger charge is 2.41. The average molecular weight is 445 g/mol. The molecule has 0 aliphatic rings. The van der Waals surface area contributed by atoms with Gasteiger partial charge in [0.05, 0.1) is 29.8 Å². The number of nitriles is 1. The van der Waals surface area contributed by atoms with E-state index in [9.17, 15) is 27.2 Å². The molecule has 0 aliphatic heterocycles. The smallest absolute Gasteiger partial charge is 0.271 e. The monoisotopic (exact) mass is 445 g/mol. The molecule has 0 radical (unpaired) electrons. The second-order valence-corrected chi connectivity index (χ2v) is 7.17. The molecule has 0 spiro atoms. The van der Waals surface area contributed by atoms with Gasteiger partial charge in [0.1, 0.15) is 11.6 Å². The van der Waals surface area contributed by atoms with Crippen molar-refractivity contribution in [3.8, 4) is 6.07 Å². The van der Waals surface area contributed by atoms with Crippen molar-refractivity contribution in [1.29, 1.82) is 5.26 Å². The van der Waals surface area contributed by atoms with E-state index in [1.165, 1.54) is 44.2 Å². The van der Waals surface area contributed by atoms with Crippen molar-refractivity contribution in [1.82, 2.24) is 14.8 Å². The lowest BCUT2D eigenvalue weighted by Crippen LogP contribution is -2.50. The molecule has 2 aromatic heterocycles. The number of hydrogen-bond donors (Lipinski definition) is 0. The molecule has 164 valence electrons. The Bertz CT molecular complexity index is 1210. The molecule has 1 aromatic carbocycles. The SMILES string of the molecule is CC(C)(C(=O)N(C(=O)c1ccccc1)c1cnc(C#N)c(C(F)(F)F)c1)n1cc(F)cn1. The maximum atomic E-state index is 13.5. The fourth-order valence-corrected chi connectivity index (χ4v) is 2.90. The maximum Gasteiger partial charge on any atom is 0.419 e. The molecule has 0 fully saturated rings. The largest absolute Gasteiger partial charge is 0.419 e. The van der Waals surface area contributed by atoms with E-state index in [-0.39, 0.29) is 5.56 Å². The summed E-state index contributed by atoms with van der Waals surface area (Å²) in [5.41, 5.74) is -4.47. The molecule has 0 unspecified atom stereocenters. The number of aromatic nitrogens is 3. The van der Waals surface area contributed by atoms with E-state index in [1.807, 2.05) is 0 Å². The van der Waals surface area contributed by atoms with E-state index < -0.39 is 46.3 Å². The number of alkyl halides is 3. The van der Waals surface area contributed by atoms with Crippen molar-refractivity contribution in [3.63, 3.8) is 0 Å². The van der Waals surface area contributed by atoms with Crippen LogP contribution in [-0.4, -0.2) is 26.6 Å². The first kappa shape index (κ1) is 22.6. The third-order valence-corrected chi connectivity index (χ3v) is 4.62. The molecule has 3 aromatic rings. The highest BCUT2D eigenvalue weighted by atomic mass is 19.4. The average Bonchev–Trinajstić information content (AvgIpc) is 3.20. The Morgan fingerprint density at radius 1 is 1.12 bits per heavy atom. The quantitative estimate of drug-likeness (QED) is 0.568. The standard InChI is InChI=1S/C21H15F4N5O2/c1-20(2,29-12-14(22)10-28-29)19(32)30(18(31)13-6-4-3-5-7-13)15-8-16(21(23,24)25)17(9-26)27-11-15/h3-8,10-12H,1-2H3. The summed E-state index contributed by atoms with van der Waals surface area (Å²) < 4.78 is 54.9. The number of amides is 2. The zero-order valence-electron chi connectivity index (χ0n) is 16.8.